The molecule has 0 atom stereocenters. The summed E-state index contributed by atoms with van der Waals surface area (Å²) in [5.41, 5.74) is 5.07. The van der Waals surface area contributed by atoms with Gasteiger partial charge in [0, 0.05) is 11.6 Å². The molecule has 1 aliphatic rings. The van der Waals surface area contributed by atoms with Gasteiger partial charge in [-0.25, -0.2) is 0 Å². The third-order valence-corrected chi connectivity index (χ3v) is 2.83. The van der Waals surface area contributed by atoms with E-state index >= 15 is 0 Å². The summed E-state index contributed by atoms with van der Waals surface area (Å²) in [6, 6.07) is 8.48. The molecule has 14 heavy (non-hydrogen) atoms. The molecule has 70 valence electrons. The van der Waals surface area contributed by atoms with Crippen LogP contribution in [0.1, 0.15) is 17.5 Å². The third kappa shape index (κ3) is 1.15. The van der Waals surface area contributed by atoms with Crippen molar-refractivity contribution in [3.8, 4) is 11.3 Å². The Morgan fingerprint density at radius 2 is 2.00 bits per heavy atom. The van der Waals surface area contributed by atoms with Gasteiger partial charge in [-0.1, -0.05) is 17.3 Å². The van der Waals surface area contributed by atoms with Crippen LogP contribution in [0.4, 0.5) is 0 Å². The average Bonchev–Trinajstić information content (AvgIpc) is 2.88. The predicted molar refractivity (Wildman–Crippen MR) is 54.0 cm³/mol. The number of aromatic nitrogens is 1. The number of hydrogen-bond donors (Lipinski definition) is 0. The van der Waals surface area contributed by atoms with Gasteiger partial charge in [0.25, 0.3) is 0 Å². The van der Waals surface area contributed by atoms with Crippen molar-refractivity contribution in [2.75, 3.05) is 0 Å². The van der Waals surface area contributed by atoms with Gasteiger partial charge in [-0.05, 0) is 36.5 Å². The molecule has 0 N–H and O–H groups in total. The van der Waals surface area contributed by atoms with E-state index < -0.39 is 0 Å². The van der Waals surface area contributed by atoms with Crippen molar-refractivity contribution in [2.45, 2.75) is 19.3 Å². The van der Waals surface area contributed by atoms with Crippen molar-refractivity contribution in [1.82, 2.24) is 5.16 Å². The second kappa shape index (κ2) is 2.98. The van der Waals surface area contributed by atoms with Gasteiger partial charge in [-0.15, -0.1) is 0 Å². The summed E-state index contributed by atoms with van der Waals surface area (Å²) < 4.78 is 4.84. The maximum absolute atomic E-state index is 4.84. The minimum atomic E-state index is 0.930. The summed E-state index contributed by atoms with van der Waals surface area (Å²) in [5, 5.41) is 3.94. The zero-order chi connectivity index (χ0) is 9.38. The Bertz CT molecular complexity index is 445. The van der Waals surface area contributed by atoms with E-state index in [0.29, 0.717) is 0 Å². The van der Waals surface area contributed by atoms with Crippen LogP contribution in [0.3, 0.4) is 0 Å². The van der Waals surface area contributed by atoms with Crippen molar-refractivity contribution < 1.29 is 4.52 Å². The van der Waals surface area contributed by atoms with Crippen molar-refractivity contribution in [1.29, 1.82) is 0 Å². The molecule has 2 heteroatoms. The Labute approximate surface area is 82.5 Å². The Hall–Kier alpha value is -1.57. The van der Waals surface area contributed by atoms with E-state index in [1.54, 1.807) is 6.26 Å². The molecule has 2 aromatic rings. The highest BCUT2D eigenvalue weighted by molar-refractivity contribution is 5.60. The van der Waals surface area contributed by atoms with Gasteiger partial charge in [0.15, 0.2) is 0 Å². The summed E-state index contributed by atoms with van der Waals surface area (Å²) in [6.07, 6.45) is 5.34. The zero-order valence-electron chi connectivity index (χ0n) is 7.86. The lowest BCUT2D eigenvalue weighted by Gasteiger charge is -2.00. The van der Waals surface area contributed by atoms with Gasteiger partial charge in [0.2, 0.25) is 0 Å². The van der Waals surface area contributed by atoms with E-state index in [9.17, 15) is 0 Å². The Morgan fingerprint density at radius 3 is 2.86 bits per heavy atom. The van der Waals surface area contributed by atoms with E-state index in [1.165, 1.54) is 36.0 Å². The van der Waals surface area contributed by atoms with Crippen LogP contribution in [-0.2, 0) is 12.8 Å². The quantitative estimate of drug-likeness (QED) is 0.682. The van der Waals surface area contributed by atoms with Gasteiger partial charge in [0.05, 0.1) is 0 Å². The van der Waals surface area contributed by atoms with Crippen molar-refractivity contribution in [3.63, 3.8) is 0 Å². The van der Waals surface area contributed by atoms with Gasteiger partial charge in [-0.3, -0.25) is 0 Å². The zero-order valence-corrected chi connectivity index (χ0v) is 7.86. The molecule has 0 amide bonds. The van der Waals surface area contributed by atoms with Crippen LogP contribution in [-0.4, -0.2) is 5.16 Å². The molecule has 0 saturated heterocycles. The van der Waals surface area contributed by atoms with Crippen molar-refractivity contribution in [3.05, 3.63) is 41.7 Å². The summed E-state index contributed by atoms with van der Waals surface area (Å²) in [4.78, 5) is 0. The number of fused-ring (bicyclic) bond motifs is 1. The first kappa shape index (κ1) is 7.80. The molecule has 3 rings (SSSR count). The molecule has 1 aromatic carbocycles. The highest BCUT2D eigenvalue weighted by Crippen LogP contribution is 2.26. The lowest BCUT2D eigenvalue weighted by Crippen LogP contribution is -1.84. The van der Waals surface area contributed by atoms with E-state index in [0.717, 1.165) is 5.69 Å². The predicted octanol–water partition coefficient (Wildman–Crippen LogP) is 2.83. The van der Waals surface area contributed by atoms with Crippen molar-refractivity contribution >= 4 is 0 Å². The van der Waals surface area contributed by atoms with Gasteiger partial charge >= 0.3 is 0 Å². The summed E-state index contributed by atoms with van der Waals surface area (Å²) in [7, 11) is 0. The molecular weight excluding hydrogens is 174 g/mol. The fourth-order valence-electron chi connectivity index (χ4n) is 2.09. The monoisotopic (exact) mass is 185 g/mol. The molecule has 0 aliphatic heterocycles. The molecule has 1 aliphatic carbocycles. The van der Waals surface area contributed by atoms with Crippen LogP contribution in [0.5, 0.6) is 0 Å². The van der Waals surface area contributed by atoms with E-state index in [-0.39, 0.29) is 0 Å². The van der Waals surface area contributed by atoms with Gasteiger partial charge in [0.1, 0.15) is 12.0 Å². The third-order valence-electron chi connectivity index (χ3n) is 2.83. The first-order chi connectivity index (χ1) is 6.93. The van der Waals surface area contributed by atoms with Gasteiger partial charge in [-0.2, -0.15) is 0 Å². The maximum atomic E-state index is 4.84. The maximum Gasteiger partial charge on any atom is 0.124 e. The summed E-state index contributed by atoms with van der Waals surface area (Å²) in [5.74, 6) is 0. The Kier molecular flexibility index (Phi) is 1.66. The minimum absolute atomic E-state index is 0.930. The van der Waals surface area contributed by atoms with Gasteiger partial charge < -0.3 is 4.52 Å². The molecule has 1 heterocycles. The molecule has 0 unspecified atom stereocenters. The van der Waals surface area contributed by atoms with E-state index in [4.69, 9.17) is 4.52 Å². The summed E-state index contributed by atoms with van der Waals surface area (Å²) in [6.45, 7) is 0. The second-order valence-corrected chi connectivity index (χ2v) is 3.72. The largest absolute Gasteiger partial charge is 0.364 e. The molecule has 0 radical (unpaired) electrons. The minimum Gasteiger partial charge on any atom is -0.364 e. The molecule has 0 spiro atoms. The normalized spacial score (nSPS) is 14.3. The number of rotatable bonds is 1. The van der Waals surface area contributed by atoms with Crippen LogP contribution in [0, 0.1) is 0 Å². The molecule has 0 bridgehead atoms. The highest BCUT2D eigenvalue weighted by Gasteiger charge is 2.11. The lowest BCUT2D eigenvalue weighted by atomic mass is 10.0. The molecule has 0 fully saturated rings. The Balaban J connectivity index is 2.09. The van der Waals surface area contributed by atoms with Crippen LogP contribution in [0.2, 0.25) is 0 Å². The molecule has 0 saturated carbocycles. The smallest absolute Gasteiger partial charge is 0.124 e. The number of hydrogen-bond acceptors (Lipinski definition) is 2. The van der Waals surface area contributed by atoms with E-state index in [1.807, 2.05) is 6.07 Å². The van der Waals surface area contributed by atoms with Crippen LogP contribution < -0.4 is 0 Å². The molecular formula is C12H11NO. The average molecular weight is 185 g/mol. The standard InChI is InChI=1S/C12H11NO/c1-2-9-4-5-11(8-10(9)3-1)12-6-7-14-13-12/h4-8H,1-3H2. The Morgan fingerprint density at radius 1 is 1.07 bits per heavy atom. The van der Waals surface area contributed by atoms with Crippen LogP contribution in [0.15, 0.2) is 35.1 Å². The SMILES string of the molecule is c1cc(-c2ccc3c(c2)CCC3)no1. The van der Waals surface area contributed by atoms with E-state index in [2.05, 4.69) is 23.4 Å². The first-order valence-electron chi connectivity index (χ1n) is 4.96. The molecule has 1 aromatic heterocycles. The second-order valence-electron chi connectivity index (χ2n) is 3.72. The lowest BCUT2D eigenvalue weighted by molar-refractivity contribution is 0.422. The number of nitrogens with zero attached hydrogens (tertiary/aromatic N) is 1. The fraction of sp³-hybridized carbons (Fsp3) is 0.250. The topological polar surface area (TPSA) is 26.0 Å². The first-order valence-corrected chi connectivity index (χ1v) is 4.96. The van der Waals surface area contributed by atoms with Crippen LogP contribution >= 0.6 is 0 Å². The summed E-state index contributed by atoms with van der Waals surface area (Å²) >= 11 is 0. The highest BCUT2D eigenvalue weighted by atomic mass is 16.5. The molecule has 2 nitrogen and oxygen atoms in total. The fourth-order valence-corrected chi connectivity index (χ4v) is 2.09. The van der Waals surface area contributed by atoms with Crippen LogP contribution in [0.25, 0.3) is 11.3 Å². The number of benzene rings is 1. The van der Waals surface area contributed by atoms with Crippen molar-refractivity contribution in [2.24, 2.45) is 0 Å². The number of aryl methyl sites for hydroxylation is 2.